The molecule has 3 heteroatoms. The molecule has 1 N–H and O–H groups in total. The third kappa shape index (κ3) is 4.58. The first-order valence-electron chi connectivity index (χ1n) is 7.78. The van der Waals surface area contributed by atoms with Crippen molar-refractivity contribution < 1.29 is 5.11 Å². The van der Waals surface area contributed by atoms with Gasteiger partial charge in [-0.2, -0.15) is 0 Å². The van der Waals surface area contributed by atoms with E-state index in [-0.39, 0.29) is 0 Å². The Morgan fingerprint density at radius 3 is 2.15 bits per heavy atom. The Labute approximate surface area is 123 Å². The number of aliphatic hydroxyl groups excluding tert-OH is 1. The van der Waals surface area contributed by atoms with Crippen molar-refractivity contribution in [2.75, 3.05) is 39.3 Å². The molecule has 0 radical (unpaired) electrons. The van der Waals surface area contributed by atoms with Crippen LogP contribution in [0.3, 0.4) is 0 Å². The number of benzene rings is 1. The first-order valence-corrected chi connectivity index (χ1v) is 7.78. The largest absolute Gasteiger partial charge is 0.396 e. The zero-order valence-corrected chi connectivity index (χ0v) is 12.8. The van der Waals surface area contributed by atoms with Gasteiger partial charge in [0.2, 0.25) is 0 Å². The molecule has 112 valence electrons. The van der Waals surface area contributed by atoms with Gasteiger partial charge >= 0.3 is 0 Å². The summed E-state index contributed by atoms with van der Waals surface area (Å²) in [5.74, 6) is 0.970. The molecule has 1 aromatic rings. The molecule has 1 saturated heterocycles. The topological polar surface area (TPSA) is 26.7 Å². The number of nitrogens with zero attached hydrogens (tertiary/aromatic N) is 2. The lowest BCUT2D eigenvalue weighted by molar-refractivity contribution is 0.0832. The molecule has 1 fully saturated rings. The quantitative estimate of drug-likeness (QED) is 0.861. The molecule has 0 saturated carbocycles. The molecule has 2 rings (SSSR count). The molecule has 1 aliphatic heterocycles. The molecule has 0 bridgehead atoms. The molecular formula is C17H28N2O. The summed E-state index contributed by atoms with van der Waals surface area (Å²) in [6.07, 6.45) is 0. The van der Waals surface area contributed by atoms with E-state index in [9.17, 15) is 5.11 Å². The summed E-state index contributed by atoms with van der Waals surface area (Å²) in [6.45, 7) is 11.3. The highest BCUT2D eigenvalue weighted by Gasteiger charge is 2.21. The van der Waals surface area contributed by atoms with Crippen LogP contribution in [0.1, 0.15) is 19.4 Å². The lowest BCUT2D eigenvalue weighted by atomic mass is 9.96. The molecule has 0 aromatic heterocycles. The second kappa shape index (κ2) is 7.77. The van der Waals surface area contributed by atoms with Crippen LogP contribution in [0.5, 0.6) is 0 Å². The fourth-order valence-electron chi connectivity index (χ4n) is 2.78. The Hall–Kier alpha value is -0.900. The van der Waals surface area contributed by atoms with E-state index in [1.807, 2.05) is 0 Å². The van der Waals surface area contributed by atoms with E-state index in [1.165, 1.54) is 5.56 Å². The maximum Gasteiger partial charge on any atom is 0.0473 e. The van der Waals surface area contributed by atoms with Crippen LogP contribution in [0.4, 0.5) is 0 Å². The van der Waals surface area contributed by atoms with Crippen molar-refractivity contribution in [3.8, 4) is 0 Å². The fourth-order valence-corrected chi connectivity index (χ4v) is 2.78. The third-order valence-electron chi connectivity index (χ3n) is 4.38. The van der Waals surface area contributed by atoms with Gasteiger partial charge in [-0.3, -0.25) is 4.90 Å². The highest BCUT2D eigenvalue weighted by molar-refractivity contribution is 5.14. The van der Waals surface area contributed by atoms with Crippen molar-refractivity contribution in [3.63, 3.8) is 0 Å². The second-order valence-electron chi connectivity index (χ2n) is 6.25. The van der Waals surface area contributed by atoms with Crippen LogP contribution >= 0.6 is 0 Å². The summed E-state index contributed by atoms with van der Waals surface area (Å²) in [5, 5.41) is 9.44. The number of piperazine rings is 1. The van der Waals surface area contributed by atoms with Gasteiger partial charge in [0, 0.05) is 45.9 Å². The lowest BCUT2D eigenvalue weighted by Crippen LogP contribution is -2.48. The van der Waals surface area contributed by atoms with Crippen molar-refractivity contribution in [2.24, 2.45) is 11.8 Å². The molecule has 20 heavy (non-hydrogen) atoms. The van der Waals surface area contributed by atoms with Crippen molar-refractivity contribution in [3.05, 3.63) is 35.9 Å². The number of aliphatic hydroxyl groups is 1. The Bertz CT molecular complexity index is 372. The van der Waals surface area contributed by atoms with Gasteiger partial charge in [0.1, 0.15) is 0 Å². The molecule has 1 atom stereocenters. The van der Waals surface area contributed by atoms with Crippen molar-refractivity contribution >= 4 is 0 Å². The summed E-state index contributed by atoms with van der Waals surface area (Å²) < 4.78 is 0. The zero-order chi connectivity index (χ0) is 14.4. The maximum atomic E-state index is 9.44. The van der Waals surface area contributed by atoms with E-state index in [0.717, 1.165) is 39.3 Å². The molecule has 1 aromatic carbocycles. The minimum Gasteiger partial charge on any atom is -0.396 e. The standard InChI is InChI=1S/C17H28N2O/c1-15(2)17(14-20)13-19-10-8-18(9-11-19)12-16-6-4-3-5-7-16/h3-7,15,17,20H,8-14H2,1-2H3/t17-/m1/s1. The van der Waals surface area contributed by atoms with Gasteiger partial charge in [0.15, 0.2) is 0 Å². The van der Waals surface area contributed by atoms with Crippen molar-refractivity contribution in [1.29, 1.82) is 0 Å². The minimum absolute atomic E-state index is 0.307. The van der Waals surface area contributed by atoms with Crippen molar-refractivity contribution in [2.45, 2.75) is 20.4 Å². The number of rotatable bonds is 6. The van der Waals surface area contributed by atoms with Gasteiger partial charge < -0.3 is 10.0 Å². The second-order valence-corrected chi connectivity index (χ2v) is 6.25. The van der Waals surface area contributed by atoms with Gasteiger partial charge in [0.05, 0.1) is 0 Å². The SMILES string of the molecule is CC(C)[C@@H](CO)CN1CCN(Cc2ccccc2)CC1. The normalized spacial score (nSPS) is 19.4. The maximum absolute atomic E-state index is 9.44. The highest BCUT2D eigenvalue weighted by atomic mass is 16.3. The summed E-state index contributed by atoms with van der Waals surface area (Å²) in [7, 11) is 0. The van der Waals surface area contributed by atoms with Gasteiger partial charge in [-0.25, -0.2) is 0 Å². The van der Waals surface area contributed by atoms with E-state index in [0.29, 0.717) is 18.4 Å². The molecule has 0 amide bonds. The van der Waals surface area contributed by atoms with E-state index >= 15 is 0 Å². The summed E-state index contributed by atoms with van der Waals surface area (Å²) in [6, 6.07) is 10.7. The summed E-state index contributed by atoms with van der Waals surface area (Å²) in [4.78, 5) is 5.03. The van der Waals surface area contributed by atoms with E-state index < -0.39 is 0 Å². The smallest absolute Gasteiger partial charge is 0.0473 e. The predicted molar refractivity (Wildman–Crippen MR) is 83.6 cm³/mol. The molecular weight excluding hydrogens is 248 g/mol. The monoisotopic (exact) mass is 276 g/mol. The van der Waals surface area contributed by atoms with Gasteiger partial charge in [0.25, 0.3) is 0 Å². The Morgan fingerprint density at radius 2 is 1.60 bits per heavy atom. The molecule has 0 unspecified atom stereocenters. The van der Waals surface area contributed by atoms with Gasteiger partial charge in [-0.1, -0.05) is 44.2 Å². The van der Waals surface area contributed by atoms with Crippen LogP contribution < -0.4 is 0 Å². The van der Waals surface area contributed by atoms with Crippen LogP contribution in [0.25, 0.3) is 0 Å². The molecule has 1 heterocycles. The Balaban J connectivity index is 1.75. The van der Waals surface area contributed by atoms with Gasteiger partial charge in [-0.05, 0) is 17.4 Å². The first kappa shape index (κ1) is 15.5. The first-order chi connectivity index (χ1) is 9.69. The minimum atomic E-state index is 0.307. The van der Waals surface area contributed by atoms with Crippen LogP contribution in [0.2, 0.25) is 0 Å². The van der Waals surface area contributed by atoms with Crippen LogP contribution in [-0.4, -0.2) is 54.2 Å². The lowest BCUT2D eigenvalue weighted by Gasteiger charge is -2.37. The summed E-state index contributed by atoms with van der Waals surface area (Å²) >= 11 is 0. The van der Waals surface area contributed by atoms with Gasteiger partial charge in [-0.15, -0.1) is 0 Å². The van der Waals surface area contributed by atoms with E-state index in [1.54, 1.807) is 0 Å². The van der Waals surface area contributed by atoms with Crippen LogP contribution in [-0.2, 0) is 6.54 Å². The van der Waals surface area contributed by atoms with E-state index in [4.69, 9.17) is 0 Å². The molecule has 3 nitrogen and oxygen atoms in total. The third-order valence-corrected chi connectivity index (χ3v) is 4.38. The number of hydrogen-bond acceptors (Lipinski definition) is 3. The predicted octanol–water partition coefficient (Wildman–Crippen LogP) is 2.07. The Kier molecular flexibility index (Phi) is 6.02. The van der Waals surface area contributed by atoms with Crippen LogP contribution in [0, 0.1) is 11.8 Å². The number of hydrogen-bond donors (Lipinski definition) is 1. The Morgan fingerprint density at radius 1 is 1.00 bits per heavy atom. The highest BCUT2D eigenvalue weighted by Crippen LogP contribution is 2.14. The van der Waals surface area contributed by atoms with E-state index in [2.05, 4.69) is 54.0 Å². The zero-order valence-electron chi connectivity index (χ0n) is 12.8. The van der Waals surface area contributed by atoms with Crippen molar-refractivity contribution in [1.82, 2.24) is 9.80 Å². The fraction of sp³-hybridized carbons (Fsp3) is 0.647. The molecule has 1 aliphatic rings. The van der Waals surface area contributed by atoms with Crippen LogP contribution in [0.15, 0.2) is 30.3 Å². The summed E-state index contributed by atoms with van der Waals surface area (Å²) in [5.41, 5.74) is 1.40. The average molecular weight is 276 g/mol. The molecule has 0 spiro atoms. The molecule has 0 aliphatic carbocycles. The average Bonchev–Trinajstić information content (AvgIpc) is 2.47.